The first-order valence-electron chi connectivity index (χ1n) is 3.17. The zero-order valence-electron chi connectivity index (χ0n) is 6.02. The smallest absolute Gasteiger partial charge is 0.295 e. The molecule has 0 bridgehead atoms. The lowest BCUT2D eigenvalue weighted by Gasteiger charge is -1.90. The molecule has 0 unspecified atom stereocenters. The Balaban J connectivity index is 3.07. The summed E-state index contributed by atoms with van der Waals surface area (Å²) in [6.45, 7) is 2.54. The molecule has 0 aliphatic carbocycles. The van der Waals surface area contributed by atoms with E-state index in [1.807, 2.05) is 13.1 Å². The predicted octanol–water partition coefficient (Wildman–Crippen LogP) is -1.47. The van der Waals surface area contributed by atoms with Crippen LogP contribution in [0.3, 0.4) is 0 Å². The number of anilines is 1. The van der Waals surface area contributed by atoms with Crippen LogP contribution in [0.15, 0.2) is 6.20 Å². The predicted molar refractivity (Wildman–Crippen MR) is 36.5 cm³/mol. The second-order valence-corrected chi connectivity index (χ2v) is 2.15. The van der Waals surface area contributed by atoms with Crippen molar-refractivity contribution >= 4 is 5.82 Å². The van der Waals surface area contributed by atoms with Crippen molar-refractivity contribution in [1.82, 2.24) is 4.98 Å². The van der Waals surface area contributed by atoms with Gasteiger partial charge in [0.15, 0.2) is 0 Å². The van der Waals surface area contributed by atoms with E-state index in [9.17, 15) is 0 Å². The molecule has 1 rings (SSSR count). The summed E-state index contributed by atoms with van der Waals surface area (Å²) in [5.74, 6) is 1.40. The topological polar surface area (TPSA) is 80.7 Å². The van der Waals surface area contributed by atoms with Gasteiger partial charge in [0.1, 0.15) is 18.3 Å². The van der Waals surface area contributed by atoms with Crippen molar-refractivity contribution in [1.29, 1.82) is 0 Å². The van der Waals surface area contributed by atoms with E-state index < -0.39 is 0 Å². The zero-order chi connectivity index (χ0) is 7.56. The molecule has 0 saturated heterocycles. The Bertz CT molecular complexity index is 233. The number of rotatable bonds is 1. The lowest BCUT2D eigenvalue weighted by Crippen LogP contribution is -2.48. The maximum Gasteiger partial charge on any atom is 0.295 e. The second-order valence-electron chi connectivity index (χ2n) is 2.15. The average molecular weight is 140 g/mol. The molecule has 1 aromatic rings. The first-order chi connectivity index (χ1) is 4.74. The largest absolute Gasteiger partial charge is 0.362 e. The fourth-order valence-corrected chi connectivity index (χ4v) is 0.750. The number of quaternary nitrogens is 1. The molecule has 0 saturated carbocycles. The van der Waals surface area contributed by atoms with Gasteiger partial charge in [-0.2, -0.15) is 0 Å². The minimum Gasteiger partial charge on any atom is -0.362 e. The van der Waals surface area contributed by atoms with Crippen LogP contribution in [0.4, 0.5) is 5.82 Å². The van der Waals surface area contributed by atoms with Crippen molar-refractivity contribution in [3.05, 3.63) is 17.6 Å². The number of aromatic nitrogens is 2. The standard InChI is InChI=1S/C6H10N4/c1-4-9-3-5(2-7)6(8)10-4/h3H,2,7H2,1H3,(H2,8,9,10)/p+2. The van der Waals surface area contributed by atoms with E-state index >= 15 is 0 Å². The molecule has 10 heavy (non-hydrogen) atoms. The van der Waals surface area contributed by atoms with Crippen LogP contribution in [0.2, 0.25) is 0 Å². The van der Waals surface area contributed by atoms with Gasteiger partial charge < -0.3 is 11.5 Å². The molecule has 0 radical (unpaired) electrons. The molecule has 1 heterocycles. The molecule has 0 aliphatic rings. The molecule has 4 nitrogen and oxygen atoms in total. The number of aryl methyl sites for hydroxylation is 1. The first kappa shape index (κ1) is 6.95. The fourth-order valence-electron chi connectivity index (χ4n) is 0.750. The van der Waals surface area contributed by atoms with Crippen LogP contribution >= 0.6 is 0 Å². The van der Waals surface area contributed by atoms with E-state index in [0.717, 1.165) is 11.4 Å². The summed E-state index contributed by atoms with van der Waals surface area (Å²) in [7, 11) is 0. The lowest BCUT2D eigenvalue weighted by atomic mass is 10.3. The molecule has 0 atom stereocenters. The van der Waals surface area contributed by atoms with E-state index in [0.29, 0.717) is 12.4 Å². The molecule has 54 valence electrons. The third-order valence-corrected chi connectivity index (χ3v) is 1.34. The average Bonchev–Trinajstić information content (AvgIpc) is 1.88. The van der Waals surface area contributed by atoms with Gasteiger partial charge in [-0.05, 0) is 4.98 Å². The minimum atomic E-state index is 0.575. The first-order valence-corrected chi connectivity index (χ1v) is 3.17. The third kappa shape index (κ3) is 1.22. The van der Waals surface area contributed by atoms with Gasteiger partial charge in [-0.15, -0.1) is 0 Å². The SMILES string of the molecule is Cc1nc(N)c(C[NH3+])c[nH+]1. The number of nitrogens with two attached hydrogens (primary N) is 1. The molecular weight excluding hydrogens is 128 g/mol. The maximum atomic E-state index is 5.56. The lowest BCUT2D eigenvalue weighted by molar-refractivity contribution is -0.407. The Kier molecular flexibility index (Phi) is 1.82. The number of nitrogens with zero attached hydrogens (tertiary/aromatic N) is 1. The van der Waals surface area contributed by atoms with Crippen molar-refractivity contribution in [2.45, 2.75) is 13.5 Å². The van der Waals surface area contributed by atoms with Gasteiger partial charge in [-0.25, -0.2) is 4.98 Å². The molecule has 0 aliphatic heterocycles. The van der Waals surface area contributed by atoms with Crippen molar-refractivity contribution in [3.63, 3.8) is 0 Å². The van der Waals surface area contributed by atoms with Crippen molar-refractivity contribution in [3.8, 4) is 0 Å². The van der Waals surface area contributed by atoms with Crippen LogP contribution in [-0.2, 0) is 6.54 Å². The molecule has 0 fully saturated rings. The highest BCUT2D eigenvalue weighted by molar-refractivity contribution is 5.34. The van der Waals surface area contributed by atoms with Gasteiger partial charge in [0.25, 0.3) is 11.6 Å². The van der Waals surface area contributed by atoms with E-state index in [1.54, 1.807) is 0 Å². The van der Waals surface area contributed by atoms with Crippen LogP contribution < -0.4 is 16.5 Å². The third-order valence-electron chi connectivity index (χ3n) is 1.34. The quantitative estimate of drug-likeness (QED) is 0.499. The summed E-state index contributed by atoms with van der Waals surface area (Å²) < 4.78 is 0. The number of hydrogen-bond donors (Lipinski definition) is 2. The monoisotopic (exact) mass is 140 g/mol. The van der Waals surface area contributed by atoms with E-state index in [-0.39, 0.29) is 0 Å². The summed E-state index contributed by atoms with van der Waals surface area (Å²) >= 11 is 0. The maximum absolute atomic E-state index is 5.56. The summed E-state index contributed by atoms with van der Waals surface area (Å²) in [5.41, 5.74) is 10.2. The number of nitrogens with one attached hydrogen (secondary N) is 1. The normalized spacial score (nSPS) is 9.80. The summed E-state index contributed by atoms with van der Waals surface area (Å²) in [6, 6.07) is 0. The van der Waals surface area contributed by atoms with Crippen LogP contribution in [0.1, 0.15) is 11.4 Å². The van der Waals surface area contributed by atoms with E-state index in [2.05, 4.69) is 15.7 Å². The van der Waals surface area contributed by atoms with Gasteiger partial charge in [-0.3, -0.25) is 0 Å². The summed E-state index contributed by atoms with van der Waals surface area (Å²) in [6.07, 6.45) is 1.84. The molecule has 6 N–H and O–H groups in total. The van der Waals surface area contributed by atoms with Crippen molar-refractivity contribution in [2.24, 2.45) is 0 Å². The van der Waals surface area contributed by atoms with Crippen LogP contribution in [-0.4, -0.2) is 4.98 Å². The van der Waals surface area contributed by atoms with Gasteiger partial charge in [0.05, 0.1) is 0 Å². The molecule has 1 aromatic heterocycles. The Morgan fingerprint density at radius 2 is 2.50 bits per heavy atom. The van der Waals surface area contributed by atoms with Crippen LogP contribution in [0.25, 0.3) is 0 Å². The molecule has 0 spiro atoms. The highest BCUT2D eigenvalue weighted by Crippen LogP contribution is 2.01. The highest BCUT2D eigenvalue weighted by Gasteiger charge is 2.07. The van der Waals surface area contributed by atoms with Gasteiger partial charge in [-0.1, -0.05) is 0 Å². The summed E-state index contributed by atoms with van der Waals surface area (Å²) in [5, 5.41) is 0. The van der Waals surface area contributed by atoms with E-state index in [4.69, 9.17) is 5.73 Å². The molecule has 4 heteroatoms. The second kappa shape index (κ2) is 2.62. The van der Waals surface area contributed by atoms with Gasteiger partial charge >= 0.3 is 0 Å². The molecule has 0 amide bonds. The number of H-pyrrole nitrogens is 1. The Labute approximate surface area is 59.3 Å². The Hall–Kier alpha value is -1.16. The zero-order valence-corrected chi connectivity index (χ0v) is 6.02. The van der Waals surface area contributed by atoms with E-state index in [1.165, 1.54) is 0 Å². The van der Waals surface area contributed by atoms with Crippen LogP contribution in [0, 0.1) is 6.92 Å². The van der Waals surface area contributed by atoms with Crippen molar-refractivity contribution < 1.29 is 10.7 Å². The number of nitrogen functional groups attached to an aromatic ring is 1. The fraction of sp³-hybridized carbons (Fsp3) is 0.333. The Morgan fingerprint density at radius 3 is 3.00 bits per heavy atom. The van der Waals surface area contributed by atoms with Crippen molar-refractivity contribution in [2.75, 3.05) is 5.73 Å². The highest BCUT2D eigenvalue weighted by atomic mass is 14.9. The minimum absolute atomic E-state index is 0.575. The molecular formula is C6H12N4+2. The number of hydrogen-bond acceptors (Lipinski definition) is 2. The molecule has 0 aromatic carbocycles. The van der Waals surface area contributed by atoms with Gasteiger partial charge in [0, 0.05) is 6.92 Å². The van der Waals surface area contributed by atoms with Crippen LogP contribution in [0.5, 0.6) is 0 Å². The Morgan fingerprint density at radius 1 is 1.80 bits per heavy atom. The van der Waals surface area contributed by atoms with Gasteiger partial charge in [0.2, 0.25) is 0 Å². The number of aromatic amines is 1. The summed E-state index contributed by atoms with van der Waals surface area (Å²) in [4.78, 5) is 6.99.